The van der Waals surface area contributed by atoms with E-state index in [0.29, 0.717) is 0 Å². The fourth-order valence-corrected chi connectivity index (χ4v) is 2.61. The van der Waals surface area contributed by atoms with E-state index in [9.17, 15) is 4.39 Å². The second-order valence-electron chi connectivity index (χ2n) is 5.26. The Morgan fingerprint density at radius 3 is 2.45 bits per heavy atom. The van der Waals surface area contributed by atoms with E-state index in [4.69, 9.17) is 5.73 Å². The molecule has 0 aliphatic carbocycles. The van der Waals surface area contributed by atoms with Crippen LogP contribution in [0.4, 0.5) is 4.39 Å². The highest BCUT2D eigenvalue weighted by Crippen LogP contribution is 2.34. The quantitative estimate of drug-likeness (QED) is 0.714. The van der Waals surface area contributed by atoms with E-state index in [1.807, 2.05) is 6.92 Å². The molecule has 0 aliphatic heterocycles. The summed E-state index contributed by atoms with van der Waals surface area (Å²) in [6, 6.07) is 12.8. The van der Waals surface area contributed by atoms with Crippen LogP contribution in [0.5, 0.6) is 0 Å². The van der Waals surface area contributed by atoms with Gasteiger partial charge in [0.25, 0.3) is 0 Å². The molecule has 0 spiro atoms. The lowest BCUT2D eigenvalue weighted by Crippen LogP contribution is -2.05. The predicted molar refractivity (Wildman–Crippen MR) is 81.0 cm³/mol. The summed E-state index contributed by atoms with van der Waals surface area (Å²) in [6.07, 6.45) is 0. The lowest BCUT2D eigenvalue weighted by atomic mass is 10.00. The predicted octanol–water partition coefficient (Wildman–Crippen LogP) is 4.30. The van der Waals surface area contributed by atoms with Crippen molar-refractivity contribution in [3.63, 3.8) is 0 Å². The van der Waals surface area contributed by atoms with Crippen molar-refractivity contribution in [2.75, 3.05) is 0 Å². The monoisotopic (exact) mass is 268 g/mol. The van der Waals surface area contributed by atoms with Crippen molar-refractivity contribution in [2.45, 2.75) is 19.9 Å². The zero-order chi connectivity index (χ0) is 14.3. The number of aryl methyl sites for hydroxylation is 1. The normalized spacial score (nSPS) is 12.8. The van der Waals surface area contributed by atoms with Crippen LogP contribution in [0.3, 0.4) is 0 Å². The SMILES string of the molecule is Cc1ccc(-c2[nH]c3ccc(F)cc3c2C(C)N)cc1. The molecule has 2 aromatic carbocycles. The van der Waals surface area contributed by atoms with Gasteiger partial charge < -0.3 is 10.7 Å². The highest BCUT2D eigenvalue weighted by molar-refractivity contribution is 5.91. The summed E-state index contributed by atoms with van der Waals surface area (Å²) < 4.78 is 13.5. The third kappa shape index (κ3) is 2.10. The minimum atomic E-state index is -0.242. The van der Waals surface area contributed by atoms with Crippen LogP contribution in [0.15, 0.2) is 42.5 Å². The summed E-state index contributed by atoms with van der Waals surface area (Å²) >= 11 is 0. The van der Waals surface area contributed by atoms with Gasteiger partial charge in [-0.15, -0.1) is 0 Å². The van der Waals surface area contributed by atoms with Gasteiger partial charge in [0.05, 0.1) is 5.69 Å². The fraction of sp³-hybridized carbons (Fsp3) is 0.176. The molecular weight excluding hydrogens is 251 g/mol. The zero-order valence-electron chi connectivity index (χ0n) is 11.6. The zero-order valence-corrected chi connectivity index (χ0v) is 11.6. The molecule has 0 amide bonds. The molecule has 0 saturated carbocycles. The van der Waals surface area contributed by atoms with E-state index in [1.54, 1.807) is 12.1 Å². The van der Waals surface area contributed by atoms with Crippen LogP contribution in [-0.2, 0) is 0 Å². The molecule has 20 heavy (non-hydrogen) atoms. The molecule has 1 aromatic heterocycles. The standard InChI is InChI=1S/C17H17FN2/c1-10-3-5-12(6-4-10)17-16(11(2)19)14-9-13(18)7-8-15(14)20-17/h3-9,11,20H,19H2,1-2H3. The number of aromatic amines is 1. The maximum absolute atomic E-state index is 13.5. The van der Waals surface area contributed by atoms with E-state index in [2.05, 4.69) is 36.2 Å². The van der Waals surface area contributed by atoms with Crippen LogP contribution in [-0.4, -0.2) is 4.98 Å². The summed E-state index contributed by atoms with van der Waals surface area (Å²) in [5.41, 5.74) is 11.2. The number of rotatable bonds is 2. The molecule has 0 saturated heterocycles. The van der Waals surface area contributed by atoms with E-state index in [1.165, 1.54) is 11.6 Å². The smallest absolute Gasteiger partial charge is 0.123 e. The average Bonchev–Trinajstić information content (AvgIpc) is 2.78. The number of hydrogen-bond donors (Lipinski definition) is 2. The molecule has 1 unspecified atom stereocenters. The Balaban J connectivity index is 2.29. The molecule has 0 radical (unpaired) electrons. The largest absolute Gasteiger partial charge is 0.354 e. The number of benzene rings is 2. The summed E-state index contributed by atoms with van der Waals surface area (Å²) in [6.45, 7) is 3.97. The van der Waals surface area contributed by atoms with Crippen LogP contribution in [0.1, 0.15) is 24.1 Å². The van der Waals surface area contributed by atoms with Crippen molar-refractivity contribution in [3.8, 4) is 11.3 Å². The van der Waals surface area contributed by atoms with Gasteiger partial charge >= 0.3 is 0 Å². The molecule has 3 aromatic rings. The minimum Gasteiger partial charge on any atom is -0.354 e. The van der Waals surface area contributed by atoms with Crippen molar-refractivity contribution in [1.82, 2.24) is 4.98 Å². The first-order chi connectivity index (χ1) is 9.56. The number of nitrogens with two attached hydrogens (primary N) is 1. The van der Waals surface area contributed by atoms with E-state index < -0.39 is 0 Å². The van der Waals surface area contributed by atoms with Gasteiger partial charge in [-0.05, 0) is 37.6 Å². The minimum absolute atomic E-state index is 0.165. The maximum atomic E-state index is 13.5. The topological polar surface area (TPSA) is 41.8 Å². The highest BCUT2D eigenvalue weighted by atomic mass is 19.1. The first-order valence-electron chi connectivity index (χ1n) is 6.70. The lowest BCUT2D eigenvalue weighted by molar-refractivity contribution is 0.629. The van der Waals surface area contributed by atoms with Gasteiger partial charge in [0, 0.05) is 22.5 Å². The molecule has 0 aliphatic rings. The molecule has 1 heterocycles. The van der Waals surface area contributed by atoms with Gasteiger partial charge in [0.1, 0.15) is 5.82 Å². The van der Waals surface area contributed by atoms with Crippen LogP contribution in [0.25, 0.3) is 22.2 Å². The summed E-state index contributed by atoms with van der Waals surface area (Å²) in [5.74, 6) is -0.242. The van der Waals surface area contributed by atoms with Crippen molar-refractivity contribution in [1.29, 1.82) is 0 Å². The first kappa shape index (κ1) is 12.9. The summed E-state index contributed by atoms with van der Waals surface area (Å²) in [5, 5.41) is 0.857. The second kappa shape index (κ2) is 4.76. The van der Waals surface area contributed by atoms with Crippen molar-refractivity contribution >= 4 is 10.9 Å². The summed E-state index contributed by atoms with van der Waals surface area (Å²) in [4.78, 5) is 3.36. The van der Waals surface area contributed by atoms with Gasteiger partial charge in [-0.3, -0.25) is 0 Å². The Kier molecular flexibility index (Phi) is 3.07. The van der Waals surface area contributed by atoms with E-state index in [-0.39, 0.29) is 11.9 Å². The van der Waals surface area contributed by atoms with E-state index in [0.717, 1.165) is 27.7 Å². The first-order valence-corrected chi connectivity index (χ1v) is 6.70. The number of H-pyrrole nitrogens is 1. The lowest BCUT2D eigenvalue weighted by Gasteiger charge is -2.09. The number of aromatic nitrogens is 1. The number of hydrogen-bond acceptors (Lipinski definition) is 1. The molecule has 2 nitrogen and oxygen atoms in total. The Morgan fingerprint density at radius 1 is 1.10 bits per heavy atom. The Morgan fingerprint density at radius 2 is 1.80 bits per heavy atom. The van der Waals surface area contributed by atoms with Gasteiger partial charge in [0.15, 0.2) is 0 Å². The molecule has 1 atom stereocenters. The van der Waals surface area contributed by atoms with Crippen molar-refractivity contribution < 1.29 is 4.39 Å². The maximum Gasteiger partial charge on any atom is 0.123 e. The van der Waals surface area contributed by atoms with E-state index >= 15 is 0 Å². The molecule has 3 N–H and O–H groups in total. The van der Waals surface area contributed by atoms with Crippen LogP contribution in [0.2, 0.25) is 0 Å². The van der Waals surface area contributed by atoms with Gasteiger partial charge in [0.2, 0.25) is 0 Å². The van der Waals surface area contributed by atoms with Crippen molar-refractivity contribution in [3.05, 3.63) is 59.4 Å². The van der Waals surface area contributed by atoms with Gasteiger partial charge in [-0.1, -0.05) is 29.8 Å². The number of fused-ring (bicyclic) bond motifs is 1. The fourth-order valence-electron chi connectivity index (χ4n) is 2.61. The highest BCUT2D eigenvalue weighted by Gasteiger charge is 2.16. The Bertz CT molecular complexity index is 755. The van der Waals surface area contributed by atoms with Crippen LogP contribution >= 0.6 is 0 Å². The number of nitrogens with one attached hydrogen (secondary N) is 1. The Hall–Kier alpha value is -2.13. The Labute approximate surface area is 117 Å². The average molecular weight is 268 g/mol. The third-order valence-electron chi connectivity index (χ3n) is 3.60. The molecular formula is C17H17FN2. The van der Waals surface area contributed by atoms with Crippen molar-refractivity contribution in [2.24, 2.45) is 5.73 Å². The second-order valence-corrected chi connectivity index (χ2v) is 5.26. The van der Waals surface area contributed by atoms with Crippen LogP contribution in [0, 0.1) is 12.7 Å². The van der Waals surface area contributed by atoms with Crippen LogP contribution < -0.4 is 5.73 Å². The molecule has 102 valence electrons. The number of halogens is 1. The summed E-state index contributed by atoms with van der Waals surface area (Å²) in [7, 11) is 0. The molecule has 0 bridgehead atoms. The third-order valence-corrected chi connectivity index (χ3v) is 3.60. The van der Waals surface area contributed by atoms with Gasteiger partial charge in [-0.2, -0.15) is 0 Å². The van der Waals surface area contributed by atoms with Gasteiger partial charge in [-0.25, -0.2) is 4.39 Å². The molecule has 0 fully saturated rings. The molecule has 3 rings (SSSR count). The molecule has 3 heteroatoms.